The van der Waals surface area contributed by atoms with Crippen LogP contribution < -0.4 is 10.6 Å². The Morgan fingerprint density at radius 1 is 1.28 bits per heavy atom. The predicted octanol–water partition coefficient (Wildman–Crippen LogP) is 1.71. The van der Waals surface area contributed by atoms with E-state index in [0.717, 1.165) is 0 Å². The Morgan fingerprint density at radius 2 is 1.83 bits per heavy atom. The Balaban J connectivity index is 2.62. The van der Waals surface area contributed by atoms with Gasteiger partial charge < -0.3 is 10.6 Å². The van der Waals surface area contributed by atoms with Crippen LogP contribution in [0.1, 0.15) is 13.8 Å². The third-order valence-corrected chi connectivity index (χ3v) is 2.95. The van der Waals surface area contributed by atoms with Crippen molar-refractivity contribution < 1.29 is 17.8 Å². The van der Waals surface area contributed by atoms with E-state index in [9.17, 15) is 13.2 Å². The highest BCUT2D eigenvalue weighted by Gasteiger charge is 2.09. The number of carbonyl (C=O) groups is 1. The third kappa shape index (κ3) is 4.72. The zero-order valence-corrected chi connectivity index (χ0v) is 11.0. The maximum atomic E-state index is 11.4. The van der Waals surface area contributed by atoms with Crippen molar-refractivity contribution in [2.24, 2.45) is 5.92 Å². The maximum Gasteiger partial charge on any atom is 0.319 e. The van der Waals surface area contributed by atoms with Gasteiger partial charge in [0, 0.05) is 12.2 Å². The van der Waals surface area contributed by atoms with E-state index < -0.39 is 10.1 Å². The molecule has 0 heterocycles. The van der Waals surface area contributed by atoms with Crippen LogP contribution in [0, 0.1) is 5.92 Å². The minimum absolute atomic E-state index is 0.212. The lowest BCUT2D eigenvalue weighted by atomic mass is 10.2. The van der Waals surface area contributed by atoms with Crippen molar-refractivity contribution in [3.05, 3.63) is 24.3 Å². The number of carbonyl (C=O) groups excluding carboxylic acids is 1. The second-order valence-corrected chi connectivity index (χ2v) is 5.65. The van der Waals surface area contributed by atoms with Gasteiger partial charge in [-0.3, -0.25) is 4.55 Å². The second-order valence-electron chi connectivity index (χ2n) is 4.23. The number of hydrogen-bond acceptors (Lipinski definition) is 3. The molecule has 7 heteroatoms. The first kappa shape index (κ1) is 14.5. The normalized spacial score (nSPS) is 11.3. The monoisotopic (exact) mass is 272 g/mol. The third-order valence-electron chi connectivity index (χ3n) is 2.08. The molecule has 3 N–H and O–H groups in total. The van der Waals surface area contributed by atoms with Crippen LogP contribution in [0.2, 0.25) is 0 Å². The smallest absolute Gasteiger partial charge is 0.319 e. The fraction of sp³-hybridized carbons (Fsp3) is 0.364. The Hall–Kier alpha value is -1.60. The van der Waals surface area contributed by atoms with Crippen molar-refractivity contribution in [3.8, 4) is 0 Å². The average molecular weight is 272 g/mol. The average Bonchev–Trinajstić information content (AvgIpc) is 2.26. The topological polar surface area (TPSA) is 95.5 Å². The van der Waals surface area contributed by atoms with Crippen molar-refractivity contribution in [2.75, 3.05) is 11.9 Å². The van der Waals surface area contributed by atoms with E-state index in [1.807, 2.05) is 13.8 Å². The zero-order chi connectivity index (χ0) is 13.8. The number of benzene rings is 1. The molecule has 0 fully saturated rings. The zero-order valence-electron chi connectivity index (χ0n) is 10.2. The Labute approximate surface area is 106 Å². The van der Waals surface area contributed by atoms with E-state index in [4.69, 9.17) is 4.55 Å². The molecule has 0 radical (unpaired) electrons. The Morgan fingerprint density at radius 3 is 2.28 bits per heavy atom. The summed E-state index contributed by atoms with van der Waals surface area (Å²) in [6, 6.07) is 4.87. The van der Waals surface area contributed by atoms with Gasteiger partial charge in [0.2, 0.25) is 0 Å². The van der Waals surface area contributed by atoms with Gasteiger partial charge in [-0.05, 0) is 30.2 Å². The molecule has 1 rings (SSSR count). The van der Waals surface area contributed by atoms with Crippen LogP contribution in [0.4, 0.5) is 10.5 Å². The summed E-state index contributed by atoms with van der Waals surface area (Å²) in [5.41, 5.74) is 0.448. The number of amides is 2. The molecule has 2 amide bonds. The molecular weight excluding hydrogens is 256 g/mol. The van der Waals surface area contributed by atoms with E-state index in [2.05, 4.69) is 10.6 Å². The fourth-order valence-corrected chi connectivity index (χ4v) is 1.66. The van der Waals surface area contributed by atoms with Gasteiger partial charge in [-0.25, -0.2) is 4.79 Å². The van der Waals surface area contributed by atoms with Crippen LogP contribution in [-0.2, 0) is 10.1 Å². The van der Waals surface area contributed by atoms with Gasteiger partial charge in [0.1, 0.15) is 0 Å². The SMILES string of the molecule is CC(C)CNC(=O)Nc1ccc(S(=O)(=O)O)cc1. The van der Waals surface area contributed by atoms with Gasteiger partial charge >= 0.3 is 6.03 Å². The number of hydrogen-bond donors (Lipinski definition) is 3. The van der Waals surface area contributed by atoms with E-state index in [0.29, 0.717) is 18.2 Å². The standard InChI is InChI=1S/C11H16N2O4S/c1-8(2)7-12-11(14)13-9-3-5-10(6-4-9)18(15,16)17/h3-6,8H,7H2,1-2H3,(H2,12,13,14)(H,15,16,17). The number of urea groups is 1. The second kappa shape index (κ2) is 5.83. The van der Waals surface area contributed by atoms with E-state index in [-0.39, 0.29) is 10.9 Å². The van der Waals surface area contributed by atoms with Gasteiger partial charge in [0.05, 0.1) is 4.90 Å². The molecule has 0 aliphatic rings. The lowest BCUT2D eigenvalue weighted by Crippen LogP contribution is -2.31. The van der Waals surface area contributed by atoms with Crippen molar-refractivity contribution >= 4 is 21.8 Å². The summed E-state index contributed by atoms with van der Waals surface area (Å²) in [5.74, 6) is 0.345. The summed E-state index contributed by atoms with van der Waals surface area (Å²) in [6.07, 6.45) is 0. The lowest BCUT2D eigenvalue weighted by Gasteiger charge is -2.09. The van der Waals surface area contributed by atoms with Gasteiger partial charge in [-0.2, -0.15) is 8.42 Å². The largest absolute Gasteiger partial charge is 0.338 e. The molecule has 0 spiro atoms. The van der Waals surface area contributed by atoms with Crippen molar-refractivity contribution in [2.45, 2.75) is 18.7 Å². The Kier molecular flexibility index (Phi) is 4.69. The first-order valence-corrected chi connectivity index (χ1v) is 6.85. The molecule has 0 atom stereocenters. The Bertz CT molecular complexity index is 508. The first-order chi connectivity index (χ1) is 8.29. The van der Waals surface area contributed by atoms with Crippen LogP contribution in [0.15, 0.2) is 29.2 Å². The summed E-state index contributed by atoms with van der Waals surface area (Å²) in [5, 5.41) is 5.21. The molecule has 0 aliphatic carbocycles. The lowest BCUT2D eigenvalue weighted by molar-refractivity contribution is 0.251. The molecule has 0 saturated heterocycles. The molecule has 0 unspecified atom stereocenters. The maximum absolute atomic E-state index is 11.4. The molecule has 0 saturated carbocycles. The molecule has 18 heavy (non-hydrogen) atoms. The van der Waals surface area contributed by atoms with E-state index >= 15 is 0 Å². The van der Waals surface area contributed by atoms with E-state index in [1.54, 1.807) is 0 Å². The van der Waals surface area contributed by atoms with Crippen LogP contribution in [-0.4, -0.2) is 25.5 Å². The van der Waals surface area contributed by atoms with Crippen LogP contribution >= 0.6 is 0 Å². The highest BCUT2D eigenvalue weighted by Crippen LogP contribution is 2.13. The summed E-state index contributed by atoms with van der Waals surface area (Å²) in [7, 11) is -4.20. The fourth-order valence-electron chi connectivity index (χ4n) is 1.18. The molecule has 0 bridgehead atoms. The number of rotatable bonds is 4. The number of nitrogens with one attached hydrogen (secondary N) is 2. The number of anilines is 1. The van der Waals surface area contributed by atoms with Gasteiger partial charge in [-0.15, -0.1) is 0 Å². The van der Waals surface area contributed by atoms with Gasteiger partial charge in [0.25, 0.3) is 10.1 Å². The predicted molar refractivity (Wildman–Crippen MR) is 68.1 cm³/mol. The quantitative estimate of drug-likeness (QED) is 0.727. The molecule has 1 aromatic carbocycles. The minimum atomic E-state index is -4.20. The van der Waals surface area contributed by atoms with Gasteiger partial charge in [-0.1, -0.05) is 13.8 Å². The molecule has 0 aromatic heterocycles. The summed E-state index contributed by atoms with van der Waals surface area (Å²) >= 11 is 0. The van der Waals surface area contributed by atoms with Crippen molar-refractivity contribution in [1.29, 1.82) is 0 Å². The van der Waals surface area contributed by atoms with Crippen LogP contribution in [0.5, 0.6) is 0 Å². The van der Waals surface area contributed by atoms with Crippen molar-refractivity contribution in [3.63, 3.8) is 0 Å². The minimum Gasteiger partial charge on any atom is -0.338 e. The first-order valence-electron chi connectivity index (χ1n) is 5.41. The molecule has 6 nitrogen and oxygen atoms in total. The van der Waals surface area contributed by atoms with Gasteiger partial charge in [0.15, 0.2) is 0 Å². The molecular formula is C11H16N2O4S. The van der Waals surface area contributed by atoms with E-state index in [1.165, 1.54) is 24.3 Å². The van der Waals surface area contributed by atoms with Crippen LogP contribution in [0.3, 0.4) is 0 Å². The highest BCUT2D eigenvalue weighted by molar-refractivity contribution is 7.85. The summed E-state index contributed by atoms with van der Waals surface area (Å²) in [4.78, 5) is 11.2. The summed E-state index contributed by atoms with van der Waals surface area (Å²) < 4.78 is 30.4. The molecule has 0 aliphatic heterocycles. The van der Waals surface area contributed by atoms with Crippen molar-refractivity contribution in [1.82, 2.24) is 5.32 Å². The molecule has 1 aromatic rings. The highest BCUT2D eigenvalue weighted by atomic mass is 32.2. The summed E-state index contributed by atoms with van der Waals surface area (Å²) in [6.45, 7) is 4.50. The van der Waals surface area contributed by atoms with Crippen LogP contribution in [0.25, 0.3) is 0 Å². The molecule has 100 valence electrons.